The Kier molecular flexibility index (Phi) is 6.20. The number of carbonyl (C=O) groups is 2. The molecule has 4 rings (SSSR count). The van der Waals surface area contributed by atoms with Gasteiger partial charge in [0.1, 0.15) is 0 Å². The summed E-state index contributed by atoms with van der Waals surface area (Å²) in [4.78, 5) is 26.3. The Morgan fingerprint density at radius 3 is 2.47 bits per heavy atom. The van der Waals surface area contributed by atoms with Gasteiger partial charge in [0.25, 0.3) is 0 Å². The lowest BCUT2D eigenvalue weighted by Gasteiger charge is -2.15. The summed E-state index contributed by atoms with van der Waals surface area (Å²) in [6.07, 6.45) is 1.47. The van der Waals surface area contributed by atoms with Crippen molar-refractivity contribution in [2.75, 3.05) is 17.2 Å². The van der Waals surface area contributed by atoms with Crippen molar-refractivity contribution >= 4 is 40.7 Å². The van der Waals surface area contributed by atoms with Gasteiger partial charge in [0.15, 0.2) is 16.8 Å². The first-order chi connectivity index (χ1) is 14.6. The van der Waals surface area contributed by atoms with E-state index in [-0.39, 0.29) is 17.4 Å². The van der Waals surface area contributed by atoms with Crippen LogP contribution < -0.4 is 4.90 Å². The smallest absolute Gasteiger partial charge is 0.227 e. The quantitative estimate of drug-likeness (QED) is 0.392. The number of anilines is 1. The summed E-state index contributed by atoms with van der Waals surface area (Å²) in [7, 11) is 0. The van der Waals surface area contributed by atoms with Crippen LogP contribution >= 0.6 is 23.4 Å². The van der Waals surface area contributed by atoms with Crippen LogP contribution in [0.1, 0.15) is 30.1 Å². The summed E-state index contributed by atoms with van der Waals surface area (Å²) in [6, 6.07) is 14.7. The molecule has 3 aromatic rings. The van der Waals surface area contributed by atoms with Crippen LogP contribution in [0.2, 0.25) is 5.02 Å². The minimum absolute atomic E-state index is 0.0120. The number of hydrogen-bond acceptors (Lipinski definition) is 5. The molecule has 6 nitrogen and oxygen atoms in total. The molecule has 2 aromatic carbocycles. The van der Waals surface area contributed by atoms with Crippen molar-refractivity contribution in [2.24, 2.45) is 0 Å². The second-order valence-corrected chi connectivity index (χ2v) is 8.34. The largest absolute Gasteiger partial charge is 0.312 e. The first-order valence-electron chi connectivity index (χ1n) is 9.82. The fourth-order valence-corrected chi connectivity index (χ4v) is 4.48. The fourth-order valence-electron chi connectivity index (χ4n) is 3.45. The first kappa shape index (κ1) is 20.6. The van der Waals surface area contributed by atoms with Crippen LogP contribution in [0.15, 0.2) is 53.7 Å². The highest BCUT2D eigenvalue weighted by Gasteiger charge is 2.22. The van der Waals surface area contributed by atoms with Crippen molar-refractivity contribution < 1.29 is 9.59 Å². The third-order valence-electron chi connectivity index (χ3n) is 5.04. The molecule has 0 unspecified atom stereocenters. The van der Waals surface area contributed by atoms with Gasteiger partial charge in [-0.3, -0.25) is 9.59 Å². The summed E-state index contributed by atoms with van der Waals surface area (Å²) in [5, 5.41) is 9.95. The van der Waals surface area contributed by atoms with E-state index in [1.807, 2.05) is 47.9 Å². The van der Waals surface area contributed by atoms with E-state index in [0.717, 1.165) is 30.0 Å². The molecular formula is C22H21ClN4O2S. The molecule has 154 valence electrons. The lowest BCUT2D eigenvalue weighted by molar-refractivity contribution is -0.117. The van der Waals surface area contributed by atoms with Crippen molar-refractivity contribution in [1.82, 2.24) is 14.8 Å². The molecule has 2 heterocycles. The van der Waals surface area contributed by atoms with Crippen molar-refractivity contribution in [2.45, 2.75) is 31.5 Å². The highest BCUT2D eigenvalue weighted by atomic mass is 35.5. The van der Waals surface area contributed by atoms with Crippen molar-refractivity contribution in [1.29, 1.82) is 0 Å². The Morgan fingerprint density at radius 1 is 1.10 bits per heavy atom. The van der Waals surface area contributed by atoms with Crippen LogP contribution in [-0.2, 0) is 11.3 Å². The number of hydrogen-bond donors (Lipinski definition) is 0. The lowest BCUT2D eigenvalue weighted by Crippen LogP contribution is -2.23. The van der Waals surface area contributed by atoms with Crippen LogP contribution in [0, 0.1) is 0 Å². The number of ketones is 1. The molecule has 0 saturated carbocycles. The summed E-state index contributed by atoms with van der Waals surface area (Å²) >= 11 is 7.34. The number of amides is 1. The van der Waals surface area contributed by atoms with Gasteiger partial charge < -0.3 is 9.47 Å². The number of aromatic nitrogens is 3. The number of Topliss-reactive ketones (excluding diaryl/α,β-unsaturated/α-hetero) is 1. The Hall–Kier alpha value is -2.64. The molecule has 0 radical (unpaired) electrons. The minimum Gasteiger partial charge on any atom is -0.312 e. The average Bonchev–Trinajstić information content (AvgIpc) is 3.38. The number of thioether (sulfide) groups is 1. The van der Waals surface area contributed by atoms with E-state index in [4.69, 9.17) is 11.6 Å². The third-order valence-corrected chi connectivity index (χ3v) is 6.26. The van der Waals surface area contributed by atoms with Gasteiger partial charge in [-0.15, -0.1) is 10.2 Å². The molecular weight excluding hydrogens is 420 g/mol. The van der Waals surface area contributed by atoms with Gasteiger partial charge in [-0.05, 0) is 61.9 Å². The van der Waals surface area contributed by atoms with Crippen molar-refractivity contribution in [3.8, 4) is 11.4 Å². The van der Waals surface area contributed by atoms with Gasteiger partial charge in [-0.25, -0.2) is 0 Å². The zero-order chi connectivity index (χ0) is 21.1. The Bertz CT molecular complexity index is 1060. The zero-order valence-electron chi connectivity index (χ0n) is 16.5. The summed E-state index contributed by atoms with van der Waals surface area (Å²) in [5.74, 6) is 1.17. The highest BCUT2D eigenvalue weighted by molar-refractivity contribution is 7.99. The van der Waals surface area contributed by atoms with E-state index in [1.165, 1.54) is 11.8 Å². The minimum atomic E-state index is 0.0120. The van der Waals surface area contributed by atoms with Crippen molar-refractivity contribution in [3.05, 3.63) is 59.1 Å². The number of nitrogens with zero attached hydrogens (tertiary/aromatic N) is 4. The van der Waals surface area contributed by atoms with Crippen LogP contribution in [0.25, 0.3) is 11.4 Å². The monoisotopic (exact) mass is 440 g/mol. The van der Waals surface area contributed by atoms with E-state index < -0.39 is 0 Å². The second kappa shape index (κ2) is 9.02. The van der Waals surface area contributed by atoms with E-state index >= 15 is 0 Å². The molecule has 0 bridgehead atoms. The Labute approximate surface area is 184 Å². The fraction of sp³-hybridized carbons (Fsp3) is 0.273. The van der Waals surface area contributed by atoms with E-state index in [0.29, 0.717) is 28.7 Å². The summed E-state index contributed by atoms with van der Waals surface area (Å²) < 4.78 is 1.99. The topological polar surface area (TPSA) is 68.1 Å². The van der Waals surface area contributed by atoms with Gasteiger partial charge in [0.2, 0.25) is 5.91 Å². The number of benzene rings is 2. The molecule has 1 fully saturated rings. The number of halogens is 1. The normalized spacial score (nSPS) is 13.8. The average molecular weight is 441 g/mol. The molecule has 1 aliphatic heterocycles. The Balaban J connectivity index is 1.44. The van der Waals surface area contributed by atoms with Gasteiger partial charge in [-0.1, -0.05) is 23.4 Å². The van der Waals surface area contributed by atoms with Crippen LogP contribution in [0.3, 0.4) is 0 Å². The summed E-state index contributed by atoms with van der Waals surface area (Å²) in [5.41, 5.74) is 2.40. The molecule has 1 aliphatic rings. The summed E-state index contributed by atoms with van der Waals surface area (Å²) in [6.45, 7) is 3.46. The molecule has 0 aliphatic carbocycles. The van der Waals surface area contributed by atoms with E-state index in [1.54, 1.807) is 17.0 Å². The standard InChI is InChI=1S/C22H21ClN4O2S/c1-2-26-21(16-5-9-17(23)10-6-16)24-25-22(26)30-14-19(28)15-7-11-18(12-8-15)27-13-3-4-20(27)29/h5-12H,2-4,13-14H2,1H3. The third kappa shape index (κ3) is 4.27. The second-order valence-electron chi connectivity index (χ2n) is 6.96. The van der Waals surface area contributed by atoms with E-state index in [9.17, 15) is 9.59 Å². The molecule has 0 atom stereocenters. The molecule has 8 heteroatoms. The van der Waals surface area contributed by atoms with Gasteiger partial charge in [0, 0.05) is 41.3 Å². The zero-order valence-corrected chi connectivity index (χ0v) is 18.1. The van der Waals surface area contributed by atoms with E-state index in [2.05, 4.69) is 10.2 Å². The number of carbonyl (C=O) groups excluding carboxylic acids is 2. The number of rotatable bonds is 7. The maximum Gasteiger partial charge on any atom is 0.227 e. The van der Waals surface area contributed by atoms with Gasteiger partial charge in [-0.2, -0.15) is 0 Å². The molecule has 1 aromatic heterocycles. The van der Waals surface area contributed by atoms with Crippen LogP contribution in [-0.4, -0.2) is 38.8 Å². The molecule has 30 heavy (non-hydrogen) atoms. The molecule has 0 spiro atoms. The predicted octanol–water partition coefficient (Wildman–Crippen LogP) is 4.72. The SMILES string of the molecule is CCn1c(SCC(=O)c2ccc(N3CCCC3=O)cc2)nnc1-c1ccc(Cl)cc1. The molecule has 1 amide bonds. The maximum absolute atomic E-state index is 12.7. The predicted molar refractivity (Wildman–Crippen MR) is 119 cm³/mol. The van der Waals surface area contributed by atoms with Crippen molar-refractivity contribution in [3.63, 3.8) is 0 Å². The Morgan fingerprint density at radius 2 is 1.83 bits per heavy atom. The highest BCUT2D eigenvalue weighted by Crippen LogP contribution is 2.26. The molecule has 1 saturated heterocycles. The van der Waals surface area contributed by atoms with Gasteiger partial charge in [0.05, 0.1) is 5.75 Å². The van der Waals surface area contributed by atoms with Gasteiger partial charge >= 0.3 is 0 Å². The first-order valence-corrected chi connectivity index (χ1v) is 11.2. The molecule has 0 N–H and O–H groups in total. The maximum atomic E-state index is 12.7. The lowest BCUT2D eigenvalue weighted by atomic mass is 10.1. The van der Waals surface area contributed by atoms with Crippen LogP contribution in [0.4, 0.5) is 5.69 Å². The van der Waals surface area contributed by atoms with Crippen LogP contribution in [0.5, 0.6) is 0 Å².